The van der Waals surface area contributed by atoms with Crippen molar-refractivity contribution in [1.29, 1.82) is 0 Å². The second kappa shape index (κ2) is 8.86. The van der Waals surface area contributed by atoms with Crippen LogP contribution in [-0.2, 0) is 19.1 Å². The van der Waals surface area contributed by atoms with E-state index < -0.39 is 0 Å². The molecule has 4 heteroatoms. The quantitative estimate of drug-likeness (QED) is 0.317. The van der Waals surface area contributed by atoms with E-state index in [1.54, 1.807) is 6.92 Å². The highest BCUT2D eigenvalue weighted by atomic mass is 16.5. The molecule has 0 unspecified atom stereocenters. The van der Waals surface area contributed by atoms with Gasteiger partial charge in [0, 0.05) is 12.0 Å². The van der Waals surface area contributed by atoms with Crippen molar-refractivity contribution in [3.8, 4) is 0 Å². The predicted molar refractivity (Wildman–Crippen MR) is 98.1 cm³/mol. The van der Waals surface area contributed by atoms with Crippen LogP contribution in [0, 0.1) is 10.8 Å². The topological polar surface area (TPSA) is 52.6 Å². The first kappa shape index (κ1) is 20.0. The number of esters is 2. The first-order chi connectivity index (χ1) is 11.9. The van der Waals surface area contributed by atoms with Crippen LogP contribution in [0.1, 0.15) is 84.5 Å². The number of rotatable bonds is 10. The molecule has 142 valence electrons. The van der Waals surface area contributed by atoms with Crippen molar-refractivity contribution < 1.29 is 19.1 Å². The molecule has 3 fully saturated rings. The summed E-state index contributed by atoms with van der Waals surface area (Å²) < 4.78 is 10.5. The third kappa shape index (κ3) is 5.08. The van der Waals surface area contributed by atoms with Gasteiger partial charge in [-0.15, -0.1) is 0 Å². The van der Waals surface area contributed by atoms with E-state index in [0.717, 1.165) is 19.3 Å². The van der Waals surface area contributed by atoms with Crippen molar-refractivity contribution in [3.63, 3.8) is 0 Å². The lowest BCUT2D eigenvalue weighted by Gasteiger charge is -2.52. The summed E-state index contributed by atoms with van der Waals surface area (Å²) in [6.07, 6.45) is 12.3. The van der Waals surface area contributed by atoms with E-state index in [0.29, 0.717) is 24.0 Å². The van der Waals surface area contributed by atoms with E-state index in [9.17, 15) is 9.59 Å². The van der Waals surface area contributed by atoms with E-state index in [-0.39, 0.29) is 24.0 Å². The second-order valence-corrected chi connectivity index (χ2v) is 8.14. The maximum absolute atomic E-state index is 12.6. The molecule has 3 aliphatic rings. The lowest BCUT2D eigenvalue weighted by Crippen LogP contribution is -2.46. The molecule has 0 heterocycles. The van der Waals surface area contributed by atoms with Crippen molar-refractivity contribution in [2.24, 2.45) is 10.8 Å². The first-order valence-corrected chi connectivity index (χ1v) is 9.93. The number of hydrogen-bond donors (Lipinski definition) is 0. The van der Waals surface area contributed by atoms with Crippen LogP contribution in [0.2, 0.25) is 0 Å². The van der Waals surface area contributed by atoms with Crippen LogP contribution in [0.15, 0.2) is 12.2 Å². The van der Waals surface area contributed by atoms with E-state index >= 15 is 0 Å². The van der Waals surface area contributed by atoms with Gasteiger partial charge in [-0.05, 0) is 57.3 Å². The van der Waals surface area contributed by atoms with Crippen LogP contribution in [0.4, 0.5) is 0 Å². The summed E-state index contributed by atoms with van der Waals surface area (Å²) in [5, 5.41) is 0. The third-order valence-electron chi connectivity index (χ3n) is 6.25. The fraction of sp³-hybridized carbons (Fsp3) is 0.810. The Balaban J connectivity index is 1.69. The van der Waals surface area contributed by atoms with E-state index in [1.165, 1.54) is 44.9 Å². The van der Waals surface area contributed by atoms with Crippen LogP contribution in [0.25, 0.3) is 0 Å². The largest absolute Gasteiger partial charge is 0.465 e. The van der Waals surface area contributed by atoms with Crippen LogP contribution in [-0.4, -0.2) is 25.2 Å². The van der Waals surface area contributed by atoms with Gasteiger partial charge < -0.3 is 9.47 Å². The molecule has 0 atom stereocenters. The zero-order valence-electron chi connectivity index (χ0n) is 16.0. The molecule has 3 aliphatic carbocycles. The van der Waals surface area contributed by atoms with Gasteiger partial charge in [-0.1, -0.05) is 32.8 Å². The highest BCUT2D eigenvalue weighted by Crippen LogP contribution is 2.59. The van der Waals surface area contributed by atoms with Gasteiger partial charge in [0.25, 0.3) is 0 Å². The molecule has 4 nitrogen and oxygen atoms in total. The molecule has 0 aromatic heterocycles. The molecule has 3 saturated carbocycles. The lowest BCUT2D eigenvalue weighted by atomic mass is 9.52. The van der Waals surface area contributed by atoms with Gasteiger partial charge >= 0.3 is 11.9 Å². The van der Waals surface area contributed by atoms with Crippen LogP contribution in [0.5, 0.6) is 0 Å². The third-order valence-corrected chi connectivity index (χ3v) is 6.25. The standard InChI is InChI=1S/C21H34O4/c1-4-5-6-8-20-9-12-21(13-10-20,14-11-20)19(23)25-16-7-15-24-18(22)17(2)3/h2,4-16H2,1,3H3. The van der Waals surface area contributed by atoms with Gasteiger partial charge in [0.1, 0.15) is 0 Å². The summed E-state index contributed by atoms with van der Waals surface area (Å²) in [5.41, 5.74) is 0.664. The molecule has 0 spiro atoms. The first-order valence-electron chi connectivity index (χ1n) is 9.93. The molecule has 0 aromatic rings. The number of hydrogen-bond acceptors (Lipinski definition) is 4. The average molecular weight is 350 g/mol. The van der Waals surface area contributed by atoms with Crippen molar-refractivity contribution in [2.45, 2.75) is 84.5 Å². The van der Waals surface area contributed by atoms with E-state index in [4.69, 9.17) is 9.47 Å². The molecule has 2 bridgehead atoms. The number of carbonyl (C=O) groups excluding carboxylic acids is 2. The molecule has 3 rings (SSSR count). The molecule has 0 saturated heterocycles. The number of fused-ring (bicyclic) bond motifs is 3. The Morgan fingerprint density at radius 1 is 0.920 bits per heavy atom. The summed E-state index contributed by atoms with van der Waals surface area (Å²) in [6.45, 7) is 8.00. The Bertz CT molecular complexity index is 470. The SMILES string of the molecule is C=C(C)C(=O)OCCCOC(=O)C12CCC(CCCCC)(CC1)CC2. The maximum Gasteiger partial charge on any atom is 0.333 e. The zero-order valence-corrected chi connectivity index (χ0v) is 16.0. The van der Waals surface area contributed by atoms with Crippen molar-refractivity contribution >= 4 is 11.9 Å². The summed E-state index contributed by atoms with van der Waals surface area (Å²) in [7, 11) is 0. The van der Waals surface area contributed by atoms with Gasteiger partial charge in [0.2, 0.25) is 0 Å². The maximum atomic E-state index is 12.6. The molecular formula is C21H34O4. The summed E-state index contributed by atoms with van der Waals surface area (Å²) >= 11 is 0. The summed E-state index contributed by atoms with van der Waals surface area (Å²) in [4.78, 5) is 23.9. The van der Waals surface area contributed by atoms with Gasteiger partial charge in [0.15, 0.2) is 0 Å². The van der Waals surface area contributed by atoms with Crippen molar-refractivity contribution in [3.05, 3.63) is 12.2 Å². The number of ether oxygens (including phenoxy) is 2. The monoisotopic (exact) mass is 350 g/mol. The fourth-order valence-corrected chi connectivity index (χ4v) is 4.36. The van der Waals surface area contributed by atoms with Crippen LogP contribution in [0.3, 0.4) is 0 Å². The van der Waals surface area contributed by atoms with E-state index in [1.807, 2.05) is 0 Å². The minimum absolute atomic E-state index is 0.0272. The summed E-state index contributed by atoms with van der Waals surface area (Å²) in [6, 6.07) is 0. The normalized spacial score (nSPS) is 27.8. The molecule has 0 aliphatic heterocycles. The predicted octanol–water partition coefficient (Wildman–Crippen LogP) is 4.96. The highest BCUT2D eigenvalue weighted by molar-refractivity contribution is 5.86. The Labute approximate surface area is 152 Å². The molecule has 25 heavy (non-hydrogen) atoms. The Morgan fingerprint density at radius 3 is 2.08 bits per heavy atom. The molecule has 0 aromatic carbocycles. The van der Waals surface area contributed by atoms with Gasteiger partial charge in [0.05, 0.1) is 18.6 Å². The fourth-order valence-electron chi connectivity index (χ4n) is 4.36. The highest BCUT2D eigenvalue weighted by Gasteiger charge is 2.52. The Kier molecular flexibility index (Phi) is 7.09. The van der Waals surface area contributed by atoms with E-state index in [2.05, 4.69) is 13.5 Å². The molecule has 0 radical (unpaired) electrons. The lowest BCUT2D eigenvalue weighted by molar-refractivity contribution is -0.166. The second-order valence-electron chi connectivity index (χ2n) is 8.14. The number of carbonyl (C=O) groups is 2. The zero-order chi connectivity index (χ0) is 18.3. The number of unbranched alkanes of at least 4 members (excludes halogenated alkanes) is 2. The van der Waals surface area contributed by atoms with Gasteiger partial charge in [-0.2, -0.15) is 0 Å². The minimum atomic E-state index is -0.385. The smallest absolute Gasteiger partial charge is 0.333 e. The van der Waals surface area contributed by atoms with Gasteiger partial charge in [-0.3, -0.25) is 4.79 Å². The van der Waals surface area contributed by atoms with Crippen molar-refractivity contribution in [1.82, 2.24) is 0 Å². The van der Waals surface area contributed by atoms with Gasteiger partial charge in [-0.25, -0.2) is 4.79 Å². The molecular weight excluding hydrogens is 316 g/mol. The Morgan fingerprint density at radius 2 is 1.52 bits per heavy atom. The molecule has 0 amide bonds. The molecule has 0 N–H and O–H groups in total. The average Bonchev–Trinajstić information content (AvgIpc) is 2.62. The Hall–Kier alpha value is -1.32. The van der Waals surface area contributed by atoms with Crippen LogP contribution < -0.4 is 0 Å². The summed E-state index contributed by atoms with van der Waals surface area (Å²) in [5.74, 6) is -0.413. The van der Waals surface area contributed by atoms with Crippen LogP contribution >= 0.6 is 0 Å². The van der Waals surface area contributed by atoms with Crippen molar-refractivity contribution in [2.75, 3.05) is 13.2 Å². The minimum Gasteiger partial charge on any atom is -0.465 e.